The number of hydrogen-bond acceptors (Lipinski definition) is 6. The van der Waals surface area contributed by atoms with Crippen molar-refractivity contribution in [2.45, 2.75) is 25.2 Å². The Balaban J connectivity index is 1.95. The number of carbonyl (C=O) groups is 1. The molecule has 0 spiro atoms. The molecule has 2 rings (SSSR count). The van der Waals surface area contributed by atoms with Gasteiger partial charge in [-0.15, -0.1) is 0 Å². The predicted octanol–water partition coefficient (Wildman–Crippen LogP) is 0.663. The van der Waals surface area contributed by atoms with Crippen LogP contribution < -0.4 is 10.0 Å². The Morgan fingerprint density at radius 1 is 1.27 bits per heavy atom. The highest BCUT2D eigenvalue weighted by Crippen LogP contribution is 2.19. The maximum Gasteiger partial charge on any atom is 0.242 e. The molecule has 0 aliphatic carbocycles. The highest BCUT2D eigenvalue weighted by molar-refractivity contribution is 7.89. The Bertz CT molecular complexity index is 754. The molecule has 0 saturated heterocycles. The van der Waals surface area contributed by atoms with Gasteiger partial charge in [-0.3, -0.25) is 4.79 Å². The number of carbonyl (C=O) groups excluding carboxylic acids is 1. The van der Waals surface area contributed by atoms with E-state index >= 15 is 0 Å². The van der Waals surface area contributed by atoms with Crippen LogP contribution in [0.1, 0.15) is 20.3 Å². The van der Waals surface area contributed by atoms with Crippen molar-refractivity contribution in [2.24, 2.45) is 5.92 Å². The molecule has 1 heterocycles. The summed E-state index contributed by atoms with van der Waals surface area (Å²) < 4.78 is 31.4. The summed E-state index contributed by atoms with van der Waals surface area (Å²) in [6.45, 7) is 4.19. The van der Waals surface area contributed by atoms with Gasteiger partial charge in [-0.05, 0) is 28.4 Å². The molecule has 0 fully saturated rings. The van der Waals surface area contributed by atoms with Crippen molar-refractivity contribution < 1.29 is 17.8 Å². The van der Waals surface area contributed by atoms with Gasteiger partial charge in [0.05, 0.1) is 0 Å². The second-order valence-electron chi connectivity index (χ2n) is 5.23. The topological polar surface area (TPSA) is 114 Å². The number of rotatable bonds is 7. The first kappa shape index (κ1) is 16.4. The van der Waals surface area contributed by atoms with Gasteiger partial charge < -0.3 is 5.32 Å². The lowest BCUT2D eigenvalue weighted by Crippen LogP contribution is -2.35. The summed E-state index contributed by atoms with van der Waals surface area (Å²) in [5.74, 6) is 0.158. The second-order valence-corrected chi connectivity index (χ2v) is 6.97. The summed E-state index contributed by atoms with van der Waals surface area (Å²) >= 11 is 0. The van der Waals surface area contributed by atoms with E-state index in [0.717, 1.165) is 0 Å². The monoisotopic (exact) mass is 326 g/mol. The third kappa shape index (κ3) is 4.01. The summed E-state index contributed by atoms with van der Waals surface area (Å²) in [6, 6.07) is 4.59. The van der Waals surface area contributed by atoms with Gasteiger partial charge in [0, 0.05) is 19.5 Å². The highest BCUT2D eigenvalue weighted by atomic mass is 32.2. The van der Waals surface area contributed by atoms with Gasteiger partial charge in [0.15, 0.2) is 5.52 Å². The normalized spacial score (nSPS) is 12.0. The van der Waals surface area contributed by atoms with E-state index in [2.05, 4.69) is 25.0 Å². The minimum atomic E-state index is -3.74. The van der Waals surface area contributed by atoms with Crippen LogP contribution in [0.25, 0.3) is 11.0 Å². The van der Waals surface area contributed by atoms with Crippen LogP contribution in [0.4, 0.5) is 0 Å². The first-order valence-corrected chi connectivity index (χ1v) is 8.36. The first-order valence-electron chi connectivity index (χ1n) is 6.88. The smallest absolute Gasteiger partial charge is 0.242 e. The molecule has 0 aliphatic heterocycles. The highest BCUT2D eigenvalue weighted by Gasteiger charge is 2.19. The molecule has 120 valence electrons. The molecule has 0 radical (unpaired) electrons. The van der Waals surface area contributed by atoms with Gasteiger partial charge in [0.1, 0.15) is 10.4 Å². The maximum atomic E-state index is 12.2. The van der Waals surface area contributed by atoms with Crippen molar-refractivity contribution in [3.63, 3.8) is 0 Å². The Hall–Kier alpha value is -2.00. The minimum absolute atomic E-state index is 0.000225. The molecule has 8 nitrogen and oxygen atoms in total. The average molecular weight is 326 g/mol. The largest absolute Gasteiger partial charge is 0.355 e. The number of hydrogen-bond donors (Lipinski definition) is 2. The zero-order chi connectivity index (χ0) is 16.2. The van der Waals surface area contributed by atoms with Gasteiger partial charge in [-0.2, -0.15) is 0 Å². The molecule has 2 aromatic rings. The molecular formula is C13H18N4O4S. The SMILES string of the molecule is CC(C)CC(=O)NCCNS(=O)(=O)c1cccc2nonc12. The molecule has 1 aromatic heterocycles. The molecule has 0 unspecified atom stereocenters. The number of amides is 1. The van der Waals surface area contributed by atoms with Crippen molar-refractivity contribution >= 4 is 27.0 Å². The van der Waals surface area contributed by atoms with Crippen molar-refractivity contribution in [1.29, 1.82) is 0 Å². The fourth-order valence-electron chi connectivity index (χ4n) is 1.91. The second kappa shape index (κ2) is 6.84. The van der Waals surface area contributed by atoms with E-state index in [4.69, 9.17) is 0 Å². The molecule has 0 aliphatic rings. The number of sulfonamides is 1. The number of nitrogens with one attached hydrogen (secondary N) is 2. The maximum absolute atomic E-state index is 12.2. The van der Waals surface area contributed by atoms with Gasteiger partial charge in [-0.25, -0.2) is 17.8 Å². The van der Waals surface area contributed by atoms with Gasteiger partial charge >= 0.3 is 0 Å². The average Bonchev–Trinajstić information content (AvgIpc) is 2.91. The Morgan fingerprint density at radius 2 is 2.05 bits per heavy atom. The molecule has 2 N–H and O–H groups in total. The van der Waals surface area contributed by atoms with Crippen molar-refractivity contribution in [1.82, 2.24) is 20.4 Å². The van der Waals surface area contributed by atoms with Crippen molar-refractivity contribution in [2.75, 3.05) is 13.1 Å². The van der Waals surface area contributed by atoms with Crippen LogP contribution in [0.5, 0.6) is 0 Å². The molecule has 0 bridgehead atoms. The summed E-state index contributed by atoms with van der Waals surface area (Å²) in [4.78, 5) is 11.5. The first-order chi connectivity index (χ1) is 10.4. The quantitative estimate of drug-likeness (QED) is 0.723. The van der Waals surface area contributed by atoms with Gasteiger partial charge in [-0.1, -0.05) is 19.9 Å². The number of aromatic nitrogens is 2. The fraction of sp³-hybridized carbons (Fsp3) is 0.462. The number of fused-ring (bicyclic) bond motifs is 1. The lowest BCUT2D eigenvalue weighted by atomic mass is 10.1. The van der Waals surface area contributed by atoms with Crippen LogP contribution in [0.15, 0.2) is 27.7 Å². The summed E-state index contributed by atoms with van der Waals surface area (Å²) in [5, 5.41) is 9.86. The number of nitrogens with zero attached hydrogens (tertiary/aromatic N) is 2. The minimum Gasteiger partial charge on any atom is -0.355 e. The van der Waals surface area contributed by atoms with Crippen molar-refractivity contribution in [3.05, 3.63) is 18.2 Å². The molecule has 0 atom stereocenters. The van der Waals surface area contributed by atoms with E-state index in [0.29, 0.717) is 11.9 Å². The van der Waals surface area contributed by atoms with Gasteiger partial charge in [0.2, 0.25) is 15.9 Å². The van der Waals surface area contributed by atoms with Gasteiger partial charge in [0.25, 0.3) is 0 Å². The molecule has 22 heavy (non-hydrogen) atoms. The third-order valence-corrected chi connectivity index (χ3v) is 4.36. The van der Waals surface area contributed by atoms with Crippen LogP contribution in [-0.4, -0.2) is 37.7 Å². The van der Waals surface area contributed by atoms with Crippen molar-refractivity contribution in [3.8, 4) is 0 Å². The Labute approximate surface area is 128 Å². The van der Waals surface area contributed by atoms with Crippen LogP contribution in [0, 0.1) is 5.92 Å². The Kier molecular flexibility index (Phi) is 5.09. The van der Waals surface area contributed by atoms with Crippen LogP contribution in [-0.2, 0) is 14.8 Å². The number of benzene rings is 1. The van der Waals surface area contributed by atoms with Crippen LogP contribution in [0.2, 0.25) is 0 Å². The predicted molar refractivity (Wildman–Crippen MR) is 79.5 cm³/mol. The summed E-state index contributed by atoms with van der Waals surface area (Å²) in [7, 11) is -3.74. The van der Waals surface area contributed by atoms with E-state index in [-0.39, 0.29) is 35.3 Å². The van der Waals surface area contributed by atoms with E-state index < -0.39 is 10.0 Å². The molecule has 9 heteroatoms. The van der Waals surface area contributed by atoms with E-state index in [1.807, 2.05) is 13.8 Å². The standard InChI is InChI=1S/C13H18N4O4S/c1-9(2)8-12(18)14-6-7-15-22(19,20)11-5-3-4-10-13(11)17-21-16-10/h3-5,9,15H,6-8H2,1-2H3,(H,14,18). The van der Waals surface area contributed by atoms with E-state index in [9.17, 15) is 13.2 Å². The molecule has 0 saturated carbocycles. The molecular weight excluding hydrogens is 308 g/mol. The molecule has 1 amide bonds. The van der Waals surface area contributed by atoms with Crippen LogP contribution >= 0.6 is 0 Å². The third-order valence-electron chi connectivity index (χ3n) is 2.87. The van der Waals surface area contributed by atoms with E-state index in [1.54, 1.807) is 12.1 Å². The lowest BCUT2D eigenvalue weighted by Gasteiger charge is -2.09. The summed E-state index contributed by atoms with van der Waals surface area (Å²) in [6.07, 6.45) is 0.413. The Morgan fingerprint density at radius 3 is 2.77 bits per heavy atom. The van der Waals surface area contributed by atoms with Crippen LogP contribution in [0.3, 0.4) is 0 Å². The lowest BCUT2D eigenvalue weighted by molar-refractivity contribution is -0.121. The summed E-state index contributed by atoms with van der Waals surface area (Å²) in [5.41, 5.74) is 0.548. The fourth-order valence-corrected chi connectivity index (χ4v) is 3.09. The zero-order valence-corrected chi connectivity index (χ0v) is 13.2. The molecule has 1 aromatic carbocycles. The zero-order valence-electron chi connectivity index (χ0n) is 12.4. The van der Waals surface area contributed by atoms with E-state index in [1.165, 1.54) is 6.07 Å².